The molecule has 4 aliphatic heterocycles. The SMILES string of the molecule is CN1CCCC1CCNC(=O)C1=CN2C3CC4C(CC3OC3C(NCCN5CCOCC5)C(F)CC(C1=O)C32)C(=O)C1CCCCC14. The minimum Gasteiger partial charge on any atom is -0.379 e. The Morgan fingerprint density at radius 2 is 1.79 bits per heavy atom. The molecule has 11 heteroatoms. The van der Waals surface area contributed by atoms with Crippen LogP contribution in [0.2, 0.25) is 0 Å². The number of carbonyl (C=O) groups excluding carboxylic acids is 3. The molecule has 7 fully saturated rings. The first-order valence-corrected chi connectivity index (χ1v) is 18.8. The van der Waals surface area contributed by atoms with Crippen molar-refractivity contribution in [1.82, 2.24) is 25.3 Å². The zero-order valence-electron chi connectivity index (χ0n) is 28.0. The van der Waals surface area contributed by atoms with E-state index >= 15 is 4.39 Å². The molecule has 0 aromatic rings. The van der Waals surface area contributed by atoms with Crippen LogP contribution in [0.3, 0.4) is 0 Å². The predicted molar refractivity (Wildman–Crippen MR) is 173 cm³/mol. The zero-order chi connectivity index (χ0) is 32.2. The lowest BCUT2D eigenvalue weighted by atomic mass is 9.66. The van der Waals surface area contributed by atoms with Crippen molar-refractivity contribution >= 4 is 17.5 Å². The first-order chi connectivity index (χ1) is 22.9. The van der Waals surface area contributed by atoms with Gasteiger partial charge in [0.25, 0.3) is 5.91 Å². The number of likely N-dealkylation sites (tertiary alicyclic amines) is 1. The van der Waals surface area contributed by atoms with Gasteiger partial charge in [0.05, 0.1) is 49.1 Å². The summed E-state index contributed by atoms with van der Waals surface area (Å²) in [5.41, 5.74) is 0.163. The Kier molecular flexibility index (Phi) is 9.22. The van der Waals surface area contributed by atoms with Crippen molar-refractivity contribution in [2.24, 2.45) is 29.6 Å². The maximum atomic E-state index is 16.3. The van der Waals surface area contributed by atoms with Gasteiger partial charge < -0.3 is 29.9 Å². The summed E-state index contributed by atoms with van der Waals surface area (Å²) in [5.74, 6) is 0.112. The van der Waals surface area contributed by atoms with Gasteiger partial charge in [-0.05, 0) is 76.8 Å². The molecule has 4 heterocycles. The lowest BCUT2D eigenvalue weighted by molar-refractivity contribution is -0.206. The summed E-state index contributed by atoms with van der Waals surface area (Å²) in [6.45, 7) is 6.18. The minimum absolute atomic E-state index is 0.00100. The molecule has 4 aliphatic carbocycles. The Bertz CT molecular complexity index is 1240. The molecule has 8 rings (SSSR count). The van der Waals surface area contributed by atoms with E-state index in [1.165, 1.54) is 12.8 Å². The van der Waals surface area contributed by atoms with Gasteiger partial charge in [-0.15, -0.1) is 0 Å². The Morgan fingerprint density at radius 3 is 2.60 bits per heavy atom. The average Bonchev–Trinajstić information content (AvgIpc) is 3.62. The van der Waals surface area contributed by atoms with Crippen LogP contribution in [0.5, 0.6) is 0 Å². The molecule has 1 amide bonds. The van der Waals surface area contributed by atoms with Crippen LogP contribution in [0.25, 0.3) is 0 Å². The third kappa shape index (κ3) is 5.89. The van der Waals surface area contributed by atoms with Crippen molar-refractivity contribution in [3.05, 3.63) is 11.8 Å². The molecule has 10 nitrogen and oxygen atoms in total. The number of rotatable bonds is 8. The van der Waals surface area contributed by atoms with Gasteiger partial charge in [0, 0.05) is 62.7 Å². The first kappa shape index (κ1) is 32.3. The number of hydrogen-bond donors (Lipinski definition) is 2. The fraction of sp³-hybridized carbons (Fsp3) is 0.861. The number of alkyl halides is 1. The van der Waals surface area contributed by atoms with Gasteiger partial charge in [-0.3, -0.25) is 19.3 Å². The zero-order valence-corrected chi connectivity index (χ0v) is 28.0. The number of nitrogens with one attached hydrogen (secondary N) is 2. The average molecular weight is 656 g/mol. The second-order valence-electron chi connectivity index (χ2n) is 15.9. The van der Waals surface area contributed by atoms with Crippen molar-refractivity contribution in [1.29, 1.82) is 0 Å². The highest BCUT2D eigenvalue weighted by Gasteiger charge is 2.62. The number of hydrogen-bond acceptors (Lipinski definition) is 9. The summed E-state index contributed by atoms with van der Waals surface area (Å²) < 4.78 is 28.7. The van der Waals surface area contributed by atoms with Gasteiger partial charge in [-0.1, -0.05) is 12.8 Å². The second-order valence-corrected chi connectivity index (χ2v) is 15.9. The van der Waals surface area contributed by atoms with Crippen LogP contribution in [-0.2, 0) is 23.9 Å². The van der Waals surface area contributed by atoms with E-state index in [1.54, 1.807) is 0 Å². The third-order valence-electron chi connectivity index (χ3n) is 13.5. The molecular weight excluding hydrogens is 601 g/mol. The van der Waals surface area contributed by atoms with Crippen molar-refractivity contribution in [3.8, 4) is 0 Å². The van der Waals surface area contributed by atoms with Crippen LogP contribution in [0.15, 0.2) is 11.8 Å². The molecule has 2 N–H and O–H groups in total. The molecule has 3 saturated heterocycles. The van der Waals surface area contributed by atoms with E-state index in [9.17, 15) is 14.4 Å². The van der Waals surface area contributed by atoms with Gasteiger partial charge in [0.2, 0.25) is 0 Å². The van der Waals surface area contributed by atoms with E-state index in [4.69, 9.17) is 9.47 Å². The number of halogens is 1. The fourth-order valence-corrected chi connectivity index (χ4v) is 11.2. The maximum Gasteiger partial charge on any atom is 0.256 e. The molecule has 12 unspecified atom stereocenters. The summed E-state index contributed by atoms with van der Waals surface area (Å²) in [6.07, 6.45) is 8.92. The van der Waals surface area contributed by atoms with Crippen LogP contribution >= 0.6 is 0 Å². The maximum absolute atomic E-state index is 16.3. The molecule has 0 aromatic heterocycles. The van der Waals surface area contributed by atoms with Gasteiger partial charge >= 0.3 is 0 Å². The Balaban J connectivity index is 1.05. The van der Waals surface area contributed by atoms with Crippen molar-refractivity contribution < 1.29 is 28.2 Å². The van der Waals surface area contributed by atoms with E-state index in [0.717, 1.165) is 64.7 Å². The molecule has 4 saturated carbocycles. The number of Topliss-reactive ketones (excluding diaryl/α,β-unsaturated/α-hetero) is 2. The van der Waals surface area contributed by atoms with Gasteiger partial charge in [0.15, 0.2) is 5.78 Å². The number of nitrogens with zero attached hydrogens (tertiary/aromatic N) is 3. The largest absolute Gasteiger partial charge is 0.379 e. The summed E-state index contributed by atoms with van der Waals surface area (Å²) in [7, 11) is 2.13. The summed E-state index contributed by atoms with van der Waals surface area (Å²) >= 11 is 0. The molecule has 12 atom stereocenters. The number of ether oxygens (including phenoxy) is 2. The second kappa shape index (κ2) is 13.4. The lowest BCUT2D eigenvalue weighted by Gasteiger charge is -2.60. The third-order valence-corrected chi connectivity index (χ3v) is 13.5. The number of amides is 1. The van der Waals surface area contributed by atoms with E-state index < -0.39 is 24.2 Å². The Morgan fingerprint density at radius 1 is 0.957 bits per heavy atom. The predicted octanol–water partition coefficient (Wildman–Crippen LogP) is 1.92. The standard InChI is InChI=1S/C36H54FN5O5/c1-40-11-4-5-21(40)8-9-39-36(45)27-20-42-29-18-24-22-6-2-3-7-23(22)33(43)25(24)19-30(29)47-35-31(28(37)17-26(32(35)42)34(27)44)38-10-12-41-13-15-46-16-14-41/h20-26,28-32,35,38H,2-19H2,1H3,(H,39,45). The van der Waals surface area contributed by atoms with E-state index in [0.29, 0.717) is 56.4 Å². The molecule has 8 aliphatic rings. The quantitative estimate of drug-likeness (QED) is 0.380. The molecule has 47 heavy (non-hydrogen) atoms. The summed E-state index contributed by atoms with van der Waals surface area (Å²) in [4.78, 5) is 48.4. The van der Waals surface area contributed by atoms with Gasteiger partial charge in [-0.25, -0.2) is 4.39 Å². The minimum atomic E-state index is -1.28. The fourth-order valence-electron chi connectivity index (χ4n) is 11.2. The number of ketones is 2. The van der Waals surface area contributed by atoms with E-state index in [-0.39, 0.29) is 53.7 Å². The highest BCUT2D eigenvalue weighted by Crippen LogP contribution is 2.55. The van der Waals surface area contributed by atoms with Crippen LogP contribution < -0.4 is 10.6 Å². The Hall–Kier alpha value is -1.92. The van der Waals surface area contributed by atoms with Gasteiger partial charge in [-0.2, -0.15) is 0 Å². The topological polar surface area (TPSA) is 103 Å². The number of morpholine rings is 2. The monoisotopic (exact) mass is 655 g/mol. The van der Waals surface area contributed by atoms with E-state index in [1.807, 2.05) is 6.20 Å². The highest BCUT2D eigenvalue weighted by atomic mass is 19.1. The van der Waals surface area contributed by atoms with Crippen LogP contribution in [-0.4, -0.2) is 134 Å². The molecule has 0 bridgehead atoms. The molecule has 260 valence electrons. The van der Waals surface area contributed by atoms with Crippen LogP contribution in [0.1, 0.15) is 64.2 Å². The van der Waals surface area contributed by atoms with Crippen LogP contribution in [0.4, 0.5) is 4.39 Å². The number of fused-ring (bicyclic) bond motifs is 5. The molecule has 0 radical (unpaired) electrons. The highest BCUT2D eigenvalue weighted by molar-refractivity contribution is 6.20. The van der Waals surface area contributed by atoms with Gasteiger partial charge in [0.1, 0.15) is 12.0 Å². The van der Waals surface area contributed by atoms with Crippen molar-refractivity contribution in [2.45, 2.75) is 107 Å². The van der Waals surface area contributed by atoms with E-state index in [2.05, 4.69) is 32.4 Å². The smallest absolute Gasteiger partial charge is 0.256 e. The molecular formula is C36H54FN5O5. The van der Waals surface area contributed by atoms with Crippen molar-refractivity contribution in [3.63, 3.8) is 0 Å². The lowest BCUT2D eigenvalue weighted by Crippen LogP contribution is -2.73. The Labute approximate surface area is 278 Å². The first-order valence-electron chi connectivity index (χ1n) is 18.8. The van der Waals surface area contributed by atoms with Crippen LogP contribution in [0, 0.1) is 29.6 Å². The van der Waals surface area contributed by atoms with Crippen molar-refractivity contribution in [2.75, 3.05) is 59.5 Å². The number of carbonyl (C=O) groups is 3. The summed E-state index contributed by atoms with van der Waals surface area (Å²) in [5, 5.41) is 6.57. The molecule has 0 aromatic carbocycles. The normalized spacial score (nSPS) is 43.5. The summed E-state index contributed by atoms with van der Waals surface area (Å²) in [6, 6.07) is -0.458. The molecule has 0 spiro atoms.